The Balaban J connectivity index is 2.59. The van der Waals surface area contributed by atoms with Crippen LogP contribution in [0, 0.1) is 0 Å². The van der Waals surface area contributed by atoms with Gasteiger partial charge in [0, 0.05) is 11.8 Å². The Bertz CT molecular complexity index is 314. The summed E-state index contributed by atoms with van der Waals surface area (Å²) in [6.45, 7) is 3.49. The second-order valence-electron chi connectivity index (χ2n) is 2.43. The van der Waals surface area contributed by atoms with Crippen molar-refractivity contribution in [1.82, 2.24) is 5.32 Å². The summed E-state index contributed by atoms with van der Waals surface area (Å²) in [5.74, 6) is -0.112. The molecule has 0 heterocycles. The molecule has 0 atom stereocenters. The third-order valence-corrected chi connectivity index (χ3v) is 1.48. The van der Waals surface area contributed by atoms with E-state index in [2.05, 4.69) is 11.9 Å². The molecule has 0 saturated heterocycles. The fourth-order valence-electron chi connectivity index (χ4n) is 0.865. The average molecular weight is 173 g/mol. The van der Waals surface area contributed by atoms with Crippen molar-refractivity contribution in [3.05, 3.63) is 60.8 Å². The first-order valence-corrected chi connectivity index (χ1v) is 3.98. The Morgan fingerprint density at radius 1 is 1.31 bits per heavy atom. The van der Waals surface area contributed by atoms with E-state index >= 15 is 0 Å². The molecule has 1 N–H and O–H groups in total. The minimum atomic E-state index is -0.112. The Morgan fingerprint density at radius 3 is 2.62 bits per heavy atom. The van der Waals surface area contributed by atoms with E-state index in [1.807, 2.05) is 18.2 Å². The van der Waals surface area contributed by atoms with Gasteiger partial charge in [0.2, 0.25) is 0 Å². The number of carbonyl (C=O) groups excluding carboxylic acids is 1. The van der Waals surface area contributed by atoms with Crippen LogP contribution in [-0.2, 0) is 0 Å². The van der Waals surface area contributed by atoms with E-state index in [0.717, 1.165) is 0 Å². The molecular weight excluding hydrogens is 162 g/mol. The summed E-state index contributed by atoms with van der Waals surface area (Å²) in [7, 11) is 0. The predicted octanol–water partition coefficient (Wildman–Crippen LogP) is 2.12. The van der Waals surface area contributed by atoms with Gasteiger partial charge in [-0.3, -0.25) is 4.79 Å². The van der Waals surface area contributed by atoms with Gasteiger partial charge in [-0.2, -0.15) is 0 Å². The summed E-state index contributed by atoms with van der Waals surface area (Å²) >= 11 is 0. The summed E-state index contributed by atoms with van der Waals surface area (Å²) in [5, 5.41) is 2.61. The smallest absolute Gasteiger partial charge is 0.255 e. The van der Waals surface area contributed by atoms with Gasteiger partial charge in [0.05, 0.1) is 0 Å². The fraction of sp³-hybridized carbons (Fsp3) is 0. The van der Waals surface area contributed by atoms with Crippen LogP contribution in [0.5, 0.6) is 0 Å². The minimum Gasteiger partial charge on any atom is -0.329 e. The summed E-state index contributed by atoms with van der Waals surface area (Å²) in [4.78, 5) is 11.3. The molecule has 0 spiro atoms. The second-order valence-corrected chi connectivity index (χ2v) is 2.43. The summed E-state index contributed by atoms with van der Waals surface area (Å²) < 4.78 is 0. The normalized spacial score (nSPS) is 9.85. The van der Waals surface area contributed by atoms with Crippen LogP contribution in [0.15, 0.2) is 55.3 Å². The van der Waals surface area contributed by atoms with E-state index in [4.69, 9.17) is 0 Å². The maximum absolute atomic E-state index is 11.3. The Labute approximate surface area is 77.6 Å². The van der Waals surface area contributed by atoms with Gasteiger partial charge in [-0.25, -0.2) is 0 Å². The van der Waals surface area contributed by atoms with Crippen LogP contribution in [0.1, 0.15) is 10.4 Å². The number of rotatable bonds is 3. The first-order chi connectivity index (χ1) is 6.34. The Morgan fingerprint density at radius 2 is 2.00 bits per heavy atom. The molecule has 0 aliphatic carbocycles. The molecule has 0 radical (unpaired) electrons. The third kappa shape index (κ3) is 2.95. The Hall–Kier alpha value is -1.83. The van der Waals surface area contributed by atoms with Gasteiger partial charge in [-0.05, 0) is 18.2 Å². The van der Waals surface area contributed by atoms with Gasteiger partial charge in [0.1, 0.15) is 0 Å². The molecule has 1 rings (SSSR count). The summed E-state index contributed by atoms with van der Waals surface area (Å²) in [5.41, 5.74) is 0.649. The molecule has 1 aromatic carbocycles. The van der Waals surface area contributed by atoms with Crippen molar-refractivity contribution in [2.75, 3.05) is 0 Å². The van der Waals surface area contributed by atoms with Crippen LogP contribution >= 0.6 is 0 Å². The van der Waals surface area contributed by atoms with Gasteiger partial charge in [0.15, 0.2) is 0 Å². The number of benzene rings is 1. The first kappa shape index (κ1) is 9.26. The highest BCUT2D eigenvalue weighted by Crippen LogP contribution is 1.97. The van der Waals surface area contributed by atoms with Crippen LogP contribution in [0.3, 0.4) is 0 Å². The van der Waals surface area contributed by atoms with E-state index in [0.29, 0.717) is 5.56 Å². The second kappa shape index (κ2) is 4.93. The summed E-state index contributed by atoms with van der Waals surface area (Å²) in [6.07, 6.45) is 4.83. The van der Waals surface area contributed by atoms with E-state index in [-0.39, 0.29) is 5.91 Å². The zero-order valence-corrected chi connectivity index (χ0v) is 7.23. The van der Waals surface area contributed by atoms with Gasteiger partial charge in [-0.1, -0.05) is 30.9 Å². The first-order valence-electron chi connectivity index (χ1n) is 3.98. The van der Waals surface area contributed by atoms with Crippen molar-refractivity contribution in [3.8, 4) is 0 Å². The zero-order valence-electron chi connectivity index (χ0n) is 7.23. The molecule has 13 heavy (non-hydrogen) atoms. The lowest BCUT2D eigenvalue weighted by atomic mass is 10.2. The lowest BCUT2D eigenvalue weighted by Gasteiger charge is -1.97. The topological polar surface area (TPSA) is 29.1 Å². The van der Waals surface area contributed by atoms with Gasteiger partial charge in [-0.15, -0.1) is 0 Å². The van der Waals surface area contributed by atoms with Crippen LogP contribution in [0.25, 0.3) is 0 Å². The molecule has 2 heteroatoms. The van der Waals surface area contributed by atoms with Crippen molar-refractivity contribution in [2.45, 2.75) is 0 Å². The number of allylic oxidation sites excluding steroid dienone is 2. The molecule has 0 fully saturated rings. The predicted molar refractivity (Wildman–Crippen MR) is 53.2 cm³/mol. The quantitative estimate of drug-likeness (QED) is 0.697. The molecule has 0 saturated carbocycles. The monoisotopic (exact) mass is 173 g/mol. The lowest BCUT2D eigenvalue weighted by molar-refractivity contribution is 0.0970. The molecule has 1 aromatic rings. The molecule has 0 unspecified atom stereocenters. The molecule has 0 bridgehead atoms. The number of carbonyl (C=O) groups is 1. The molecule has 0 aromatic heterocycles. The maximum atomic E-state index is 11.3. The highest BCUT2D eigenvalue weighted by molar-refractivity contribution is 5.94. The van der Waals surface area contributed by atoms with E-state index in [1.165, 1.54) is 0 Å². The van der Waals surface area contributed by atoms with Crippen LogP contribution in [0.2, 0.25) is 0 Å². The zero-order chi connectivity index (χ0) is 9.52. The van der Waals surface area contributed by atoms with Crippen molar-refractivity contribution < 1.29 is 4.79 Å². The van der Waals surface area contributed by atoms with E-state index in [9.17, 15) is 4.79 Å². The molecule has 1 amide bonds. The largest absolute Gasteiger partial charge is 0.329 e. The number of hydrogen-bond acceptors (Lipinski definition) is 1. The van der Waals surface area contributed by atoms with E-state index < -0.39 is 0 Å². The molecular formula is C11H11NO. The number of hydrogen-bond donors (Lipinski definition) is 1. The van der Waals surface area contributed by atoms with Crippen LogP contribution in [-0.4, -0.2) is 5.91 Å². The molecule has 0 aliphatic rings. The fourth-order valence-corrected chi connectivity index (χ4v) is 0.865. The molecule has 2 nitrogen and oxygen atoms in total. The summed E-state index contributed by atoms with van der Waals surface area (Å²) in [6, 6.07) is 9.04. The number of nitrogens with one attached hydrogen (secondary N) is 1. The van der Waals surface area contributed by atoms with Crippen LogP contribution in [0.4, 0.5) is 0 Å². The SMILES string of the molecule is C=C/C=C/NC(=O)c1ccccc1. The minimum absolute atomic E-state index is 0.112. The van der Waals surface area contributed by atoms with Crippen LogP contribution < -0.4 is 5.32 Å². The van der Waals surface area contributed by atoms with Crippen molar-refractivity contribution >= 4 is 5.91 Å². The van der Waals surface area contributed by atoms with Gasteiger partial charge >= 0.3 is 0 Å². The lowest BCUT2D eigenvalue weighted by Crippen LogP contribution is -2.16. The average Bonchev–Trinajstić information content (AvgIpc) is 2.19. The standard InChI is InChI=1S/C11H11NO/c1-2-3-9-12-11(13)10-7-5-4-6-8-10/h2-9H,1H2,(H,12,13)/b9-3+. The van der Waals surface area contributed by atoms with Crippen molar-refractivity contribution in [1.29, 1.82) is 0 Å². The van der Waals surface area contributed by atoms with Gasteiger partial charge in [0.25, 0.3) is 5.91 Å². The van der Waals surface area contributed by atoms with Gasteiger partial charge < -0.3 is 5.32 Å². The maximum Gasteiger partial charge on any atom is 0.255 e. The highest BCUT2D eigenvalue weighted by atomic mass is 16.1. The Kier molecular flexibility index (Phi) is 3.51. The van der Waals surface area contributed by atoms with Crippen molar-refractivity contribution in [3.63, 3.8) is 0 Å². The van der Waals surface area contributed by atoms with Crippen molar-refractivity contribution in [2.24, 2.45) is 0 Å². The van der Waals surface area contributed by atoms with E-state index in [1.54, 1.807) is 30.5 Å². The molecule has 0 aliphatic heterocycles. The third-order valence-electron chi connectivity index (χ3n) is 1.48. The number of amides is 1. The molecule has 66 valence electrons. The highest BCUT2D eigenvalue weighted by Gasteiger charge is 1.99.